The molecule has 0 unspecified atom stereocenters. The van der Waals surface area contributed by atoms with Crippen LogP contribution in [-0.4, -0.2) is 24.3 Å². The van der Waals surface area contributed by atoms with Crippen LogP contribution in [0.15, 0.2) is 33.7 Å². The number of rotatable bonds is 5. The van der Waals surface area contributed by atoms with E-state index < -0.39 is 15.4 Å². The zero-order chi connectivity index (χ0) is 15.8. The number of halogens is 1. The predicted molar refractivity (Wildman–Crippen MR) is 88.2 cm³/mol. The molecule has 23 heavy (non-hydrogen) atoms. The number of aryl methyl sites for hydroxylation is 2. The predicted octanol–water partition coefficient (Wildman–Crippen LogP) is 2.15. The molecule has 0 bridgehead atoms. The van der Waals surface area contributed by atoms with Gasteiger partial charge in [0.05, 0.1) is 16.2 Å². The fraction of sp³-hybridized carbons (Fsp3) is 0.467. The second kappa shape index (κ2) is 6.59. The highest BCUT2D eigenvalue weighted by Gasteiger charge is 2.39. The van der Waals surface area contributed by atoms with Crippen molar-refractivity contribution in [2.75, 3.05) is 5.75 Å². The Hall–Kier alpha value is -1.44. The lowest BCUT2D eigenvalue weighted by Crippen LogP contribution is -2.44. The summed E-state index contributed by atoms with van der Waals surface area (Å²) in [6.45, 7) is 1.92. The summed E-state index contributed by atoms with van der Waals surface area (Å²) in [5, 5.41) is 3.89. The maximum absolute atomic E-state index is 12.3. The first-order chi connectivity index (χ1) is 10.4. The summed E-state index contributed by atoms with van der Waals surface area (Å²) < 4.78 is 29.7. The molecule has 8 heteroatoms. The van der Waals surface area contributed by atoms with E-state index in [9.17, 15) is 8.42 Å². The Labute approximate surface area is 141 Å². The molecule has 0 atom stereocenters. The van der Waals surface area contributed by atoms with Crippen molar-refractivity contribution >= 4 is 22.2 Å². The molecule has 1 heterocycles. The van der Waals surface area contributed by atoms with Crippen LogP contribution in [0, 0.1) is 6.92 Å². The van der Waals surface area contributed by atoms with E-state index in [0.29, 0.717) is 16.6 Å². The van der Waals surface area contributed by atoms with E-state index in [4.69, 9.17) is 10.3 Å². The summed E-state index contributed by atoms with van der Waals surface area (Å²) in [4.78, 5) is 4.56. The van der Waals surface area contributed by atoms with Crippen LogP contribution < -0.4 is 5.73 Å². The third kappa shape index (κ3) is 3.73. The molecule has 1 aromatic heterocycles. The van der Waals surface area contributed by atoms with Crippen molar-refractivity contribution in [1.29, 1.82) is 0 Å². The SMILES string of the molecule is Cc1ccc(S(=O)(=O)CCc2nc(C3(N)CCC3)no2)cc1.Cl. The third-order valence-electron chi connectivity index (χ3n) is 4.12. The van der Waals surface area contributed by atoms with Crippen molar-refractivity contribution in [1.82, 2.24) is 10.1 Å². The lowest BCUT2D eigenvalue weighted by atomic mass is 9.77. The minimum atomic E-state index is -3.35. The van der Waals surface area contributed by atoms with Crippen LogP contribution >= 0.6 is 12.4 Å². The topological polar surface area (TPSA) is 99.1 Å². The molecule has 1 aliphatic carbocycles. The molecule has 0 radical (unpaired) electrons. The summed E-state index contributed by atoms with van der Waals surface area (Å²) in [7, 11) is -3.35. The standard InChI is InChI=1S/C15H19N3O3S.ClH/c1-11-3-5-12(6-4-11)22(19,20)10-7-13-17-14(18-21-13)15(16)8-2-9-15;/h3-6H,2,7-10,16H2,1H3;1H. The van der Waals surface area contributed by atoms with E-state index >= 15 is 0 Å². The minimum absolute atomic E-state index is 0. The smallest absolute Gasteiger partial charge is 0.227 e. The van der Waals surface area contributed by atoms with Crippen LogP contribution in [-0.2, 0) is 21.8 Å². The lowest BCUT2D eigenvalue weighted by Gasteiger charge is -2.34. The second-order valence-corrected chi connectivity index (χ2v) is 8.01. The lowest BCUT2D eigenvalue weighted by molar-refractivity contribution is 0.229. The molecule has 1 saturated carbocycles. The third-order valence-corrected chi connectivity index (χ3v) is 5.86. The summed E-state index contributed by atoms with van der Waals surface area (Å²) >= 11 is 0. The molecule has 0 aliphatic heterocycles. The molecule has 0 saturated heterocycles. The van der Waals surface area contributed by atoms with Gasteiger partial charge >= 0.3 is 0 Å². The van der Waals surface area contributed by atoms with Gasteiger partial charge in [-0.2, -0.15) is 4.98 Å². The minimum Gasteiger partial charge on any atom is -0.339 e. The summed E-state index contributed by atoms with van der Waals surface area (Å²) in [5.74, 6) is 0.749. The van der Waals surface area contributed by atoms with Gasteiger partial charge in [0, 0.05) is 6.42 Å². The first kappa shape index (κ1) is 17.9. The van der Waals surface area contributed by atoms with Gasteiger partial charge in [-0.05, 0) is 38.3 Å². The van der Waals surface area contributed by atoms with E-state index in [-0.39, 0.29) is 24.6 Å². The molecule has 1 aromatic carbocycles. The maximum Gasteiger partial charge on any atom is 0.227 e. The van der Waals surface area contributed by atoms with Gasteiger partial charge in [0.15, 0.2) is 15.7 Å². The Morgan fingerprint density at radius 1 is 1.26 bits per heavy atom. The van der Waals surface area contributed by atoms with Crippen molar-refractivity contribution in [2.45, 2.75) is 43.0 Å². The average Bonchev–Trinajstić information content (AvgIpc) is 2.92. The van der Waals surface area contributed by atoms with Gasteiger partial charge in [-0.1, -0.05) is 22.9 Å². The average molecular weight is 358 g/mol. The fourth-order valence-electron chi connectivity index (χ4n) is 2.43. The number of nitrogens with zero attached hydrogens (tertiary/aromatic N) is 2. The van der Waals surface area contributed by atoms with E-state index in [1.165, 1.54) is 0 Å². The molecule has 3 rings (SSSR count). The molecule has 1 aliphatic rings. The van der Waals surface area contributed by atoms with E-state index in [2.05, 4.69) is 10.1 Å². The highest BCUT2D eigenvalue weighted by Crippen LogP contribution is 2.36. The molecule has 126 valence electrons. The highest BCUT2D eigenvalue weighted by atomic mass is 35.5. The number of nitrogens with two attached hydrogens (primary N) is 1. The van der Waals surface area contributed by atoms with Crippen molar-refractivity contribution in [3.63, 3.8) is 0 Å². The van der Waals surface area contributed by atoms with Gasteiger partial charge in [-0.15, -0.1) is 12.4 Å². The second-order valence-electron chi connectivity index (χ2n) is 5.90. The highest BCUT2D eigenvalue weighted by molar-refractivity contribution is 7.91. The Morgan fingerprint density at radius 3 is 2.48 bits per heavy atom. The van der Waals surface area contributed by atoms with Crippen LogP contribution in [0.1, 0.15) is 36.5 Å². The normalized spacial score (nSPS) is 16.4. The van der Waals surface area contributed by atoms with Gasteiger partial charge in [0.1, 0.15) is 0 Å². The molecule has 6 nitrogen and oxygen atoms in total. The van der Waals surface area contributed by atoms with Crippen LogP contribution in [0.5, 0.6) is 0 Å². The molecule has 2 N–H and O–H groups in total. The molecular formula is C15H20ClN3O3S. The fourth-order valence-corrected chi connectivity index (χ4v) is 3.65. The zero-order valence-corrected chi connectivity index (χ0v) is 14.5. The number of benzene rings is 1. The van der Waals surface area contributed by atoms with Crippen molar-refractivity contribution < 1.29 is 12.9 Å². The Bertz CT molecular complexity index is 768. The van der Waals surface area contributed by atoms with Crippen LogP contribution in [0.2, 0.25) is 0 Å². The molecular weight excluding hydrogens is 338 g/mol. The summed E-state index contributed by atoms with van der Waals surface area (Å²) in [6.07, 6.45) is 2.93. The van der Waals surface area contributed by atoms with E-state index in [1.807, 2.05) is 6.92 Å². The van der Waals surface area contributed by atoms with Crippen LogP contribution in [0.4, 0.5) is 0 Å². The van der Waals surface area contributed by atoms with Gasteiger partial charge in [-0.3, -0.25) is 0 Å². The van der Waals surface area contributed by atoms with E-state index in [0.717, 1.165) is 24.8 Å². The first-order valence-corrected chi connectivity index (χ1v) is 8.96. The zero-order valence-electron chi connectivity index (χ0n) is 12.9. The van der Waals surface area contributed by atoms with Crippen molar-refractivity contribution in [3.8, 4) is 0 Å². The van der Waals surface area contributed by atoms with Gasteiger partial charge in [-0.25, -0.2) is 8.42 Å². The van der Waals surface area contributed by atoms with Gasteiger partial charge < -0.3 is 10.3 Å². The summed E-state index contributed by atoms with van der Waals surface area (Å²) in [6, 6.07) is 6.80. The summed E-state index contributed by atoms with van der Waals surface area (Å²) in [5.41, 5.74) is 6.66. The number of hydrogen-bond donors (Lipinski definition) is 1. The molecule has 1 fully saturated rings. The largest absolute Gasteiger partial charge is 0.339 e. The molecule has 2 aromatic rings. The number of aromatic nitrogens is 2. The maximum atomic E-state index is 12.3. The number of hydrogen-bond acceptors (Lipinski definition) is 6. The van der Waals surface area contributed by atoms with Gasteiger partial charge in [0.25, 0.3) is 0 Å². The Kier molecular flexibility index (Phi) is 5.13. The molecule has 0 amide bonds. The quantitative estimate of drug-likeness (QED) is 0.880. The Balaban J connectivity index is 0.00000192. The molecule has 0 spiro atoms. The van der Waals surface area contributed by atoms with Gasteiger partial charge in [0.2, 0.25) is 5.89 Å². The monoisotopic (exact) mass is 357 g/mol. The van der Waals surface area contributed by atoms with Crippen LogP contribution in [0.25, 0.3) is 0 Å². The van der Waals surface area contributed by atoms with Crippen molar-refractivity contribution in [2.24, 2.45) is 5.73 Å². The van der Waals surface area contributed by atoms with Crippen molar-refractivity contribution in [3.05, 3.63) is 41.5 Å². The van der Waals surface area contributed by atoms with E-state index in [1.54, 1.807) is 24.3 Å². The first-order valence-electron chi connectivity index (χ1n) is 7.30. The van der Waals surface area contributed by atoms with Crippen LogP contribution in [0.3, 0.4) is 0 Å². The number of sulfone groups is 1. The Morgan fingerprint density at radius 2 is 1.91 bits per heavy atom.